The van der Waals surface area contributed by atoms with E-state index in [2.05, 4.69) is 15.6 Å². The molecular weight excluding hydrogens is 417 g/mol. The maximum Gasteiger partial charge on any atom is 0.243 e. The van der Waals surface area contributed by atoms with Gasteiger partial charge in [-0.3, -0.25) is 4.79 Å². The average molecular weight is 440 g/mol. The monoisotopic (exact) mass is 440 g/mol. The number of halogens is 3. The number of benzene rings is 1. The molecule has 130 valence electrons. The van der Waals surface area contributed by atoms with Crippen molar-refractivity contribution < 1.29 is 13.6 Å². The maximum absolute atomic E-state index is 13.5. The van der Waals surface area contributed by atoms with E-state index in [1.807, 2.05) is 6.92 Å². The molecule has 23 heavy (non-hydrogen) atoms. The second-order valence-corrected chi connectivity index (χ2v) is 4.86. The number of carbonyl (C=O) groups excluding carboxylic acids is 1. The van der Waals surface area contributed by atoms with E-state index < -0.39 is 11.6 Å². The van der Waals surface area contributed by atoms with E-state index in [0.717, 1.165) is 0 Å². The Hall–Kier alpha value is -1.45. The summed E-state index contributed by atoms with van der Waals surface area (Å²) in [6.45, 7) is 2.83. The van der Waals surface area contributed by atoms with Gasteiger partial charge in [0, 0.05) is 32.7 Å². The lowest BCUT2D eigenvalue weighted by molar-refractivity contribution is -0.127. The third kappa shape index (κ3) is 7.58. The second kappa shape index (κ2) is 11.1. The Balaban J connectivity index is 0.00000484. The van der Waals surface area contributed by atoms with E-state index in [1.165, 1.54) is 23.1 Å². The van der Waals surface area contributed by atoms with Crippen LogP contribution in [0, 0.1) is 11.6 Å². The second-order valence-electron chi connectivity index (χ2n) is 4.86. The average Bonchev–Trinajstić information content (AvgIpc) is 2.47. The van der Waals surface area contributed by atoms with Crippen molar-refractivity contribution in [3.8, 4) is 0 Å². The molecule has 1 rings (SSSR count). The fourth-order valence-electron chi connectivity index (χ4n) is 1.71. The number of nitrogens with one attached hydrogen (secondary N) is 2. The first kappa shape index (κ1) is 21.6. The Labute approximate surface area is 152 Å². The van der Waals surface area contributed by atoms with E-state index >= 15 is 0 Å². The first-order chi connectivity index (χ1) is 10.5. The number of nitrogens with zero attached hydrogens (tertiary/aromatic N) is 2. The third-order valence-electron chi connectivity index (χ3n) is 2.94. The number of carbonyl (C=O) groups is 1. The highest BCUT2D eigenvalue weighted by Crippen LogP contribution is 2.11. The van der Waals surface area contributed by atoms with Crippen LogP contribution >= 0.6 is 24.0 Å². The molecule has 0 aliphatic heterocycles. The van der Waals surface area contributed by atoms with Crippen molar-refractivity contribution in [2.24, 2.45) is 4.99 Å². The Kier molecular flexibility index (Phi) is 10.4. The summed E-state index contributed by atoms with van der Waals surface area (Å²) < 4.78 is 27.0. The number of amides is 1. The van der Waals surface area contributed by atoms with E-state index in [0.29, 0.717) is 19.0 Å². The molecule has 2 N–H and O–H groups in total. The lowest BCUT2D eigenvalue weighted by Crippen LogP contribution is -2.39. The molecule has 0 atom stereocenters. The van der Waals surface area contributed by atoms with Crippen molar-refractivity contribution in [2.45, 2.75) is 13.3 Å². The van der Waals surface area contributed by atoms with Crippen LogP contribution in [0.2, 0.25) is 0 Å². The summed E-state index contributed by atoms with van der Waals surface area (Å²) in [7, 11) is 3.30. The van der Waals surface area contributed by atoms with Gasteiger partial charge in [-0.2, -0.15) is 0 Å². The Morgan fingerprint density at radius 2 is 1.83 bits per heavy atom. The van der Waals surface area contributed by atoms with E-state index in [4.69, 9.17) is 0 Å². The lowest BCUT2D eigenvalue weighted by Gasteiger charge is -2.13. The van der Waals surface area contributed by atoms with Gasteiger partial charge < -0.3 is 15.5 Å². The van der Waals surface area contributed by atoms with Gasteiger partial charge in [0.2, 0.25) is 5.91 Å². The number of likely N-dealkylation sites (N-methyl/N-ethyl adjacent to an activating group) is 1. The van der Waals surface area contributed by atoms with Crippen LogP contribution < -0.4 is 10.6 Å². The van der Waals surface area contributed by atoms with Crippen molar-refractivity contribution in [2.75, 3.05) is 33.7 Å². The van der Waals surface area contributed by atoms with Crippen LogP contribution in [0.4, 0.5) is 8.78 Å². The predicted molar refractivity (Wildman–Crippen MR) is 98.2 cm³/mol. The summed E-state index contributed by atoms with van der Waals surface area (Å²) in [5.41, 5.74) is 0.0372. The molecule has 1 aromatic rings. The molecule has 0 aliphatic carbocycles. The molecule has 1 aromatic carbocycles. The van der Waals surface area contributed by atoms with Crippen molar-refractivity contribution in [1.29, 1.82) is 0 Å². The molecule has 0 fully saturated rings. The Morgan fingerprint density at radius 3 is 2.35 bits per heavy atom. The van der Waals surface area contributed by atoms with Crippen LogP contribution in [-0.4, -0.2) is 50.5 Å². The smallest absolute Gasteiger partial charge is 0.243 e. The number of rotatable bonds is 6. The Morgan fingerprint density at radius 1 is 1.22 bits per heavy atom. The van der Waals surface area contributed by atoms with Crippen molar-refractivity contribution in [3.63, 3.8) is 0 Å². The standard InChI is InChI=1S/C15H22F2N4O.HI/c1-4-18-15(20-10-14(22)21(2)3)19-9-8-11-12(16)6-5-7-13(11)17;/h5-7H,4,8-10H2,1-3H3,(H2,18,19,20);1H. The molecule has 0 heterocycles. The molecular formula is C15H23F2IN4O. The lowest BCUT2D eigenvalue weighted by atomic mass is 10.1. The zero-order valence-electron chi connectivity index (χ0n) is 13.5. The normalized spacial score (nSPS) is 10.7. The van der Waals surface area contributed by atoms with E-state index in [1.54, 1.807) is 14.1 Å². The third-order valence-corrected chi connectivity index (χ3v) is 2.94. The topological polar surface area (TPSA) is 56.7 Å². The molecule has 0 radical (unpaired) electrons. The van der Waals surface area contributed by atoms with Crippen molar-refractivity contribution in [1.82, 2.24) is 15.5 Å². The highest BCUT2D eigenvalue weighted by Gasteiger charge is 2.08. The minimum absolute atomic E-state index is 0. The van der Waals surface area contributed by atoms with Gasteiger partial charge in [0.1, 0.15) is 18.2 Å². The molecule has 8 heteroatoms. The van der Waals surface area contributed by atoms with Crippen molar-refractivity contribution >= 4 is 35.8 Å². The number of hydrogen-bond donors (Lipinski definition) is 2. The quantitative estimate of drug-likeness (QED) is 0.403. The number of hydrogen-bond acceptors (Lipinski definition) is 2. The molecule has 5 nitrogen and oxygen atoms in total. The largest absolute Gasteiger partial charge is 0.357 e. The summed E-state index contributed by atoms with van der Waals surface area (Å²) in [5, 5.41) is 5.93. The fourth-order valence-corrected chi connectivity index (χ4v) is 1.71. The van der Waals surface area contributed by atoms with Gasteiger partial charge in [-0.1, -0.05) is 6.07 Å². The van der Waals surface area contributed by atoms with E-state index in [-0.39, 0.29) is 48.4 Å². The molecule has 0 saturated carbocycles. The molecule has 0 spiro atoms. The maximum atomic E-state index is 13.5. The predicted octanol–water partition coefficient (Wildman–Crippen LogP) is 1.77. The van der Waals surface area contributed by atoms with Gasteiger partial charge in [0.05, 0.1) is 0 Å². The number of guanidine groups is 1. The van der Waals surface area contributed by atoms with Crippen LogP contribution in [0.25, 0.3) is 0 Å². The van der Waals surface area contributed by atoms with E-state index in [9.17, 15) is 13.6 Å². The molecule has 0 aliphatic rings. The molecule has 0 aromatic heterocycles. The van der Waals surface area contributed by atoms with Gasteiger partial charge in [0.25, 0.3) is 0 Å². The van der Waals surface area contributed by atoms with Gasteiger partial charge in [-0.25, -0.2) is 13.8 Å². The number of aliphatic imine (C=N–C) groups is 1. The summed E-state index contributed by atoms with van der Waals surface area (Å²) in [4.78, 5) is 17.1. The van der Waals surface area contributed by atoms with Gasteiger partial charge >= 0.3 is 0 Å². The summed E-state index contributed by atoms with van der Waals surface area (Å²) >= 11 is 0. The first-order valence-corrected chi connectivity index (χ1v) is 7.11. The van der Waals surface area contributed by atoms with Crippen LogP contribution in [0.1, 0.15) is 12.5 Å². The van der Waals surface area contributed by atoms with Crippen LogP contribution in [0.3, 0.4) is 0 Å². The molecule has 0 bridgehead atoms. The SMILES string of the molecule is CCNC(=NCC(=O)N(C)C)NCCc1c(F)cccc1F.I. The van der Waals surface area contributed by atoms with Crippen LogP contribution in [-0.2, 0) is 11.2 Å². The summed E-state index contributed by atoms with van der Waals surface area (Å²) in [6, 6.07) is 3.79. The first-order valence-electron chi connectivity index (χ1n) is 7.11. The van der Waals surface area contributed by atoms with Crippen LogP contribution in [0.15, 0.2) is 23.2 Å². The minimum Gasteiger partial charge on any atom is -0.357 e. The zero-order chi connectivity index (χ0) is 16.5. The Bertz CT molecular complexity index is 518. The highest BCUT2D eigenvalue weighted by atomic mass is 127. The summed E-state index contributed by atoms with van der Waals surface area (Å²) in [6.07, 6.45) is 0.185. The molecule has 0 saturated heterocycles. The highest BCUT2D eigenvalue weighted by molar-refractivity contribution is 14.0. The van der Waals surface area contributed by atoms with Gasteiger partial charge in [0.15, 0.2) is 5.96 Å². The van der Waals surface area contributed by atoms with Gasteiger partial charge in [-0.15, -0.1) is 24.0 Å². The zero-order valence-corrected chi connectivity index (χ0v) is 15.9. The fraction of sp³-hybridized carbons (Fsp3) is 0.467. The molecule has 1 amide bonds. The summed E-state index contributed by atoms with van der Waals surface area (Å²) in [5.74, 6) is -0.815. The molecule has 0 unspecified atom stereocenters. The van der Waals surface area contributed by atoms with Gasteiger partial charge in [-0.05, 0) is 25.5 Å². The minimum atomic E-state index is -0.563. The van der Waals surface area contributed by atoms with Crippen LogP contribution in [0.5, 0.6) is 0 Å². The van der Waals surface area contributed by atoms with Crippen molar-refractivity contribution in [3.05, 3.63) is 35.4 Å².